The number of hydrogen-bond donors (Lipinski definition) is 1. The van der Waals surface area contributed by atoms with E-state index in [0.717, 1.165) is 25.6 Å². The average Bonchev–Trinajstić information content (AvgIpc) is 2.13. The number of thioether (sulfide) groups is 1. The van der Waals surface area contributed by atoms with Gasteiger partial charge in [0.15, 0.2) is 0 Å². The molecular weight excluding hydrogens is 198 g/mol. The Balaban J connectivity index is 1.67. The normalized spacial score (nSPS) is 16.9. The first-order valence-corrected chi connectivity index (χ1v) is 6.44. The smallest absolute Gasteiger partial charge is 0.0700 e. The molecule has 1 aliphatic heterocycles. The van der Waals surface area contributed by atoms with E-state index in [9.17, 15) is 0 Å². The Kier molecular flexibility index (Phi) is 7.50. The molecule has 14 heavy (non-hydrogen) atoms. The number of rotatable bonds is 9. The first-order valence-electron chi connectivity index (χ1n) is 5.28. The van der Waals surface area contributed by atoms with Crippen molar-refractivity contribution in [3.63, 3.8) is 0 Å². The van der Waals surface area contributed by atoms with Crippen molar-refractivity contribution >= 4 is 11.8 Å². The van der Waals surface area contributed by atoms with Crippen molar-refractivity contribution < 1.29 is 9.47 Å². The minimum absolute atomic E-state index is 0.709. The average molecular weight is 219 g/mol. The van der Waals surface area contributed by atoms with Crippen LogP contribution < -0.4 is 5.32 Å². The number of hydrogen-bond acceptors (Lipinski definition) is 4. The van der Waals surface area contributed by atoms with Gasteiger partial charge in [0, 0.05) is 13.7 Å². The predicted molar refractivity (Wildman–Crippen MR) is 61.0 cm³/mol. The molecule has 0 amide bonds. The third kappa shape index (κ3) is 5.86. The van der Waals surface area contributed by atoms with Gasteiger partial charge in [0.05, 0.1) is 13.2 Å². The maximum atomic E-state index is 5.37. The van der Waals surface area contributed by atoms with Gasteiger partial charge in [-0.25, -0.2) is 0 Å². The Morgan fingerprint density at radius 3 is 2.79 bits per heavy atom. The highest BCUT2D eigenvalue weighted by Gasteiger charge is 2.15. The van der Waals surface area contributed by atoms with Crippen molar-refractivity contribution in [3.05, 3.63) is 0 Å². The molecular formula is C10H21NO2S. The van der Waals surface area contributed by atoms with Gasteiger partial charge >= 0.3 is 0 Å². The van der Waals surface area contributed by atoms with Gasteiger partial charge in [-0.15, -0.1) is 0 Å². The second-order valence-corrected chi connectivity index (χ2v) is 4.71. The van der Waals surface area contributed by atoms with E-state index in [1.807, 2.05) is 11.8 Å². The largest absolute Gasteiger partial charge is 0.382 e. The van der Waals surface area contributed by atoms with E-state index in [4.69, 9.17) is 9.47 Å². The highest BCUT2D eigenvalue weighted by molar-refractivity contribution is 7.99. The first-order chi connectivity index (χ1) is 6.93. The van der Waals surface area contributed by atoms with Crippen LogP contribution in [0.1, 0.15) is 6.42 Å². The third-order valence-electron chi connectivity index (χ3n) is 2.23. The highest BCUT2D eigenvalue weighted by Crippen LogP contribution is 2.12. The highest BCUT2D eigenvalue weighted by atomic mass is 32.2. The molecule has 1 aliphatic rings. The van der Waals surface area contributed by atoms with Crippen molar-refractivity contribution in [1.82, 2.24) is 5.32 Å². The number of nitrogens with one attached hydrogen (secondary N) is 1. The lowest BCUT2D eigenvalue weighted by Crippen LogP contribution is -2.43. The molecule has 0 spiro atoms. The van der Waals surface area contributed by atoms with Crippen LogP contribution in [0.4, 0.5) is 0 Å². The van der Waals surface area contributed by atoms with E-state index in [1.165, 1.54) is 24.6 Å². The van der Waals surface area contributed by atoms with Gasteiger partial charge < -0.3 is 14.8 Å². The van der Waals surface area contributed by atoms with Crippen molar-refractivity contribution in [2.75, 3.05) is 51.5 Å². The van der Waals surface area contributed by atoms with Gasteiger partial charge in [-0.3, -0.25) is 0 Å². The lowest BCUT2D eigenvalue weighted by Gasteiger charge is -2.26. The van der Waals surface area contributed by atoms with Gasteiger partial charge in [-0.2, -0.15) is 11.8 Å². The molecule has 0 bridgehead atoms. The fourth-order valence-corrected chi connectivity index (χ4v) is 2.28. The Morgan fingerprint density at radius 1 is 1.29 bits per heavy atom. The fourth-order valence-electron chi connectivity index (χ4n) is 1.22. The third-order valence-corrected chi connectivity index (χ3v) is 3.51. The summed E-state index contributed by atoms with van der Waals surface area (Å²) in [6.45, 7) is 4.75. The lowest BCUT2D eigenvalue weighted by atomic mass is 10.1. The van der Waals surface area contributed by atoms with Crippen LogP contribution in [0.15, 0.2) is 0 Å². The molecule has 0 radical (unpaired) electrons. The molecule has 1 rings (SSSR count). The summed E-state index contributed by atoms with van der Waals surface area (Å²) in [5.41, 5.74) is 0. The van der Waals surface area contributed by atoms with Gasteiger partial charge in [0.25, 0.3) is 0 Å². The second-order valence-electron chi connectivity index (χ2n) is 3.56. The number of ether oxygens (including phenoxy) is 2. The summed E-state index contributed by atoms with van der Waals surface area (Å²) in [6.07, 6.45) is 1.16. The molecule has 0 aromatic rings. The van der Waals surface area contributed by atoms with Crippen molar-refractivity contribution in [2.24, 2.45) is 5.92 Å². The SMILES string of the molecule is COCCOCCCSCC1CNC1. The molecule has 0 aliphatic carbocycles. The summed E-state index contributed by atoms with van der Waals surface area (Å²) < 4.78 is 10.3. The second kappa shape index (κ2) is 8.53. The molecule has 1 heterocycles. The minimum atomic E-state index is 0.709. The quantitative estimate of drug-likeness (QED) is 0.586. The zero-order valence-corrected chi connectivity index (χ0v) is 9.78. The summed E-state index contributed by atoms with van der Waals surface area (Å²) in [5, 5.41) is 3.28. The van der Waals surface area contributed by atoms with Crippen LogP contribution in [-0.2, 0) is 9.47 Å². The topological polar surface area (TPSA) is 30.5 Å². The number of methoxy groups -OCH3 is 1. The molecule has 0 atom stereocenters. The molecule has 0 aromatic heterocycles. The zero-order valence-electron chi connectivity index (χ0n) is 8.96. The van der Waals surface area contributed by atoms with Crippen LogP contribution in [0.2, 0.25) is 0 Å². The van der Waals surface area contributed by atoms with Crippen LogP contribution in [0, 0.1) is 5.92 Å². The van der Waals surface area contributed by atoms with Crippen LogP contribution >= 0.6 is 11.8 Å². The Morgan fingerprint density at radius 2 is 2.14 bits per heavy atom. The monoisotopic (exact) mass is 219 g/mol. The fraction of sp³-hybridized carbons (Fsp3) is 1.00. The summed E-state index contributed by atoms with van der Waals surface area (Å²) in [6, 6.07) is 0. The molecule has 0 saturated carbocycles. The first kappa shape index (κ1) is 12.3. The molecule has 3 nitrogen and oxygen atoms in total. The summed E-state index contributed by atoms with van der Waals surface area (Å²) in [7, 11) is 1.70. The molecule has 0 unspecified atom stereocenters. The van der Waals surface area contributed by atoms with Crippen LogP contribution in [0.25, 0.3) is 0 Å². The van der Waals surface area contributed by atoms with E-state index in [-0.39, 0.29) is 0 Å². The zero-order chi connectivity index (χ0) is 10.1. The molecule has 84 valence electrons. The summed E-state index contributed by atoms with van der Waals surface area (Å²) >= 11 is 2.05. The Labute approximate surface area is 90.9 Å². The van der Waals surface area contributed by atoms with Crippen molar-refractivity contribution in [2.45, 2.75) is 6.42 Å². The van der Waals surface area contributed by atoms with E-state index in [2.05, 4.69) is 5.32 Å². The van der Waals surface area contributed by atoms with Gasteiger partial charge in [0.1, 0.15) is 0 Å². The van der Waals surface area contributed by atoms with Crippen LogP contribution in [0.5, 0.6) is 0 Å². The summed E-state index contributed by atoms with van der Waals surface area (Å²) in [5.74, 6) is 3.46. The Bertz CT molecular complexity index is 131. The van der Waals surface area contributed by atoms with Gasteiger partial charge in [-0.05, 0) is 36.9 Å². The van der Waals surface area contributed by atoms with Gasteiger partial charge in [0.2, 0.25) is 0 Å². The van der Waals surface area contributed by atoms with E-state index < -0.39 is 0 Å². The van der Waals surface area contributed by atoms with Crippen molar-refractivity contribution in [1.29, 1.82) is 0 Å². The predicted octanol–water partition coefficient (Wildman–Crippen LogP) is 0.992. The van der Waals surface area contributed by atoms with E-state index in [1.54, 1.807) is 7.11 Å². The maximum Gasteiger partial charge on any atom is 0.0700 e. The summed E-state index contributed by atoms with van der Waals surface area (Å²) in [4.78, 5) is 0. The lowest BCUT2D eigenvalue weighted by molar-refractivity contribution is 0.0713. The van der Waals surface area contributed by atoms with Crippen LogP contribution in [-0.4, -0.2) is 51.5 Å². The van der Waals surface area contributed by atoms with Crippen molar-refractivity contribution in [3.8, 4) is 0 Å². The molecule has 1 fully saturated rings. The molecule has 1 N–H and O–H groups in total. The molecule has 4 heteroatoms. The minimum Gasteiger partial charge on any atom is -0.382 e. The Hall–Kier alpha value is 0.230. The molecule has 1 saturated heterocycles. The molecule has 0 aromatic carbocycles. The van der Waals surface area contributed by atoms with E-state index >= 15 is 0 Å². The maximum absolute atomic E-state index is 5.37. The van der Waals surface area contributed by atoms with E-state index in [0.29, 0.717) is 6.61 Å². The van der Waals surface area contributed by atoms with Gasteiger partial charge in [-0.1, -0.05) is 0 Å². The van der Waals surface area contributed by atoms with Crippen LogP contribution in [0.3, 0.4) is 0 Å². The standard InChI is InChI=1S/C10H21NO2S/c1-12-4-5-13-3-2-6-14-9-10-7-11-8-10/h10-11H,2-9H2,1H3.